The van der Waals surface area contributed by atoms with E-state index in [-0.39, 0.29) is 18.3 Å². The highest BCUT2D eigenvalue weighted by Gasteiger charge is 2.22. The SMILES string of the molecule is CCN(CC(C)(C)O)C(=O)c1ccc(F)c(C)c1. The van der Waals surface area contributed by atoms with Gasteiger partial charge in [0.2, 0.25) is 0 Å². The molecule has 1 rings (SSSR count). The summed E-state index contributed by atoms with van der Waals surface area (Å²) in [4.78, 5) is 13.8. The van der Waals surface area contributed by atoms with Gasteiger partial charge in [-0.15, -0.1) is 0 Å². The van der Waals surface area contributed by atoms with Gasteiger partial charge in [0.1, 0.15) is 5.82 Å². The van der Waals surface area contributed by atoms with E-state index in [1.807, 2.05) is 6.92 Å². The van der Waals surface area contributed by atoms with Crippen LogP contribution in [0.5, 0.6) is 0 Å². The molecule has 100 valence electrons. The largest absolute Gasteiger partial charge is 0.389 e. The van der Waals surface area contributed by atoms with E-state index in [9.17, 15) is 14.3 Å². The van der Waals surface area contributed by atoms with Crippen LogP contribution in [-0.2, 0) is 0 Å². The molecular weight excluding hydrogens is 233 g/mol. The van der Waals surface area contributed by atoms with Crippen molar-refractivity contribution >= 4 is 5.91 Å². The van der Waals surface area contributed by atoms with Gasteiger partial charge >= 0.3 is 0 Å². The normalized spacial score (nSPS) is 11.4. The van der Waals surface area contributed by atoms with Crippen molar-refractivity contribution < 1.29 is 14.3 Å². The molecule has 18 heavy (non-hydrogen) atoms. The first-order chi connectivity index (χ1) is 8.24. The number of hydrogen-bond donors (Lipinski definition) is 1. The molecule has 1 amide bonds. The predicted molar refractivity (Wildman–Crippen MR) is 69.0 cm³/mol. The molecule has 0 spiro atoms. The van der Waals surface area contributed by atoms with Crippen molar-refractivity contribution in [2.75, 3.05) is 13.1 Å². The molecule has 0 aliphatic rings. The highest BCUT2D eigenvalue weighted by molar-refractivity contribution is 5.94. The number of aliphatic hydroxyl groups is 1. The number of likely N-dealkylation sites (N-methyl/N-ethyl adjacent to an activating group) is 1. The lowest BCUT2D eigenvalue weighted by molar-refractivity contribution is 0.0314. The lowest BCUT2D eigenvalue weighted by Gasteiger charge is -2.28. The molecule has 0 aliphatic carbocycles. The number of amides is 1. The second-order valence-corrected chi connectivity index (χ2v) is 5.10. The van der Waals surface area contributed by atoms with E-state index < -0.39 is 5.60 Å². The van der Waals surface area contributed by atoms with E-state index in [0.717, 1.165) is 0 Å². The minimum Gasteiger partial charge on any atom is -0.389 e. The van der Waals surface area contributed by atoms with Crippen molar-refractivity contribution in [3.05, 3.63) is 35.1 Å². The molecule has 1 N–H and O–H groups in total. The van der Waals surface area contributed by atoms with Crippen LogP contribution in [0.15, 0.2) is 18.2 Å². The van der Waals surface area contributed by atoms with Gasteiger partial charge < -0.3 is 10.0 Å². The molecule has 0 saturated carbocycles. The van der Waals surface area contributed by atoms with Gasteiger partial charge in [-0.2, -0.15) is 0 Å². The summed E-state index contributed by atoms with van der Waals surface area (Å²) >= 11 is 0. The summed E-state index contributed by atoms with van der Waals surface area (Å²) in [6, 6.07) is 4.29. The number of carbonyl (C=O) groups is 1. The molecule has 0 heterocycles. The van der Waals surface area contributed by atoms with Gasteiger partial charge in [-0.3, -0.25) is 4.79 Å². The lowest BCUT2D eigenvalue weighted by atomic mass is 10.1. The molecule has 3 nitrogen and oxygen atoms in total. The summed E-state index contributed by atoms with van der Waals surface area (Å²) in [5.41, 5.74) is -0.0547. The zero-order valence-corrected chi connectivity index (χ0v) is 11.3. The van der Waals surface area contributed by atoms with Crippen LogP contribution in [0, 0.1) is 12.7 Å². The maximum absolute atomic E-state index is 13.2. The first kappa shape index (κ1) is 14.6. The maximum atomic E-state index is 13.2. The highest BCUT2D eigenvalue weighted by atomic mass is 19.1. The van der Waals surface area contributed by atoms with E-state index in [1.54, 1.807) is 25.7 Å². The maximum Gasteiger partial charge on any atom is 0.253 e. The van der Waals surface area contributed by atoms with E-state index in [1.165, 1.54) is 18.2 Å². The second-order valence-electron chi connectivity index (χ2n) is 5.10. The first-order valence-electron chi connectivity index (χ1n) is 6.02. The van der Waals surface area contributed by atoms with Crippen LogP contribution in [0.2, 0.25) is 0 Å². The number of carbonyl (C=O) groups excluding carboxylic acids is 1. The predicted octanol–water partition coefficient (Wildman–Crippen LogP) is 2.37. The molecule has 0 radical (unpaired) electrons. The van der Waals surface area contributed by atoms with Crippen molar-refractivity contribution in [3.63, 3.8) is 0 Å². The topological polar surface area (TPSA) is 40.5 Å². The molecule has 0 aromatic heterocycles. The van der Waals surface area contributed by atoms with Crippen molar-refractivity contribution in [1.82, 2.24) is 4.90 Å². The van der Waals surface area contributed by atoms with E-state index in [4.69, 9.17) is 0 Å². The van der Waals surface area contributed by atoms with Crippen molar-refractivity contribution in [2.45, 2.75) is 33.3 Å². The molecule has 0 fully saturated rings. The monoisotopic (exact) mass is 253 g/mol. The Kier molecular flexibility index (Phi) is 4.46. The zero-order chi connectivity index (χ0) is 13.9. The summed E-state index contributed by atoms with van der Waals surface area (Å²) < 4.78 is 13.2. The van der Waals surface area contributed by atoms with Gasteiger partial charge in [0.15, 0.2) is 0 Å². The smallest absolute Gasteiger partial charge is 0.253 e. The Morgan fingerprint density at radius 3 is 2.50 bits per heavy atom. The average molecular weight is 253 g/mol. The van der Waals surface area contributed by atoms with Gasteiger partial charge in [-0.05, 0) is 51.5 Å². The van der Waals surface area contributed by atoms with E-state index in [2.05, 4.69) is 0 Å². The van der Waals surface area contributed by atoms with E-state index >= 15 is 0 Å². The van der Waals surface area contributed by atoms with Crippen LogP contribution in [0.4, 0.5) is 4.39 Å². The van der Waals surface area contributed by atoms with Crippen molar-refractivity contribution in [3.8, 4) is 0 Å². The molecule has 1 aromatic rings. The van der Waals surface area contributed by atoms with Gasteiger partial charge in [0, 0.05) is 18.7 Å². The summed E-state index contributed by atoms with van der Waals surface area (Å²) in [6.45, 7) is 7.52. The number of rotatable bonds is 4. The Morgan fingerprint density at radius 1 is 1.44 bits per heavy atom. The lowest BCUT2D eigenvalue weighted by Crippen LogP contribution is -2.42. The third kappa shape index (κ3) is 3.81. The Hall–Kier alpha value is -1.42. The third-order valence-electron chi connectivity index (χ3n) is 2.65. The Bertz CT molecular complexity index is 438. The van der Waals surface area contributed by atoms with Gasteiger partial charge in [0.05, 0.1) is 5.60 Å². The summed E-state index contributed by atoms with van der Waals surface area (Å²) in [6.07, 6.45) is 0. The molecule has 0 atom stereocenters. The second kappa shape index (κ2) is 5.48. The van der Waals surface area contributed by atoms with Crippen molar-refractivity contribution in [2.24, 2.45) is 0 Å². The van der Waals surface area contributed by atoms with Gasteiger partial charge in [0.25, 0.3) is 5.91 Å². The third-order valence-corrected chi connectivity index (χ3v) is 2.65. The summed E-state index contributed by atoms with van der Waals surface area (Å²) in [5.74, 6) is -0.514. The fraction of sp³-hybridized carbons (Fsp3) is 0.500. The molecule has 0 aliphatic heterocycles. The number of benzene rings is 1. The standard InChI is InChI=1S/C14H20FNO2/c1-5-16(9-14(3,4)18)13(17)11-6-7-12(15)10(2)8-11/h6-8,18H,5,9H2,1-4H3. The minimum absolute atomic E-state index is 0.192. The van der Waals surface area contributed by atoms with Crippen LogP contribution in [0.3, 0.4) is 0 Å². The molecule has 0 unspecified atom stereocenters. The number of hydrogen-bond acceptors (Lipinski definition) is 2. The zero-order valence-electron chi connectivity index (χ0n) is 11.3. The number of aryl methyl sites for hydroxylation is 1. The van der Waals surface area contributed by atoms with Gasteiger partial charge in [-0.1, -0.05) is 0 Å². The summed E-state index contributed by atoms with van der Waals surface area (Å²) in [5, 5.41) is 9.76. The molecule has 1 aromatic carbocycles. The quantitative estimate of drug-likeness (QED) is 0.895. The molecular formula is C14H20FNO2. The van der Waals surface area contributed by atoms with Crippen molar-refractivity contribution in [1.29, 1.82) is 0 Å². The molecule has 0 saturated heterocycles. The fourth-order valence-corrected chi connectivity index (χ4v) is 1.75. The molecule has 0 bridgehead atoms. The molecule has 4 heteroatoms. The Morgan fingerprint density at radius 2 is 2.06 bits per heavy atom. The van der Waals surface area contributed by atoms with Crippen LogP contribution >= 0.6 is 0 Å². The van der Waals surface area contributed by atoms with Gasteiger partial charge in [-0.25, -0.2) is 4.39 Å². The van der Waals surface area contributed by atoms with Crippen LogP contribution < -0.4 is 0 Å². The van der Waals surface area contributed by atoms with Crippen LogP contribution in [0.25, 0.3) is 0 Å². The first-order valence-corrected chi connectivity index (χ1v) is 6.02. The highest BCUT2D eigenvalue weighted by Crippen LogP contribution is 2.13. The van der Waals surface area contributed by atoms with Crippen LogP contribution in [-0.4, -0.2) is 34.6 Å². The van der Waals surface area contributed by atoms with E-state index in [0.29, 0.717) is 17.7 Å². The fourth-order valence-electron chi connectivity index (χ4n) is 1.75. The Labute approximate surface area is 107 Å². The van der Waals surface area contributed by atoms with Crippen LogP contribution in [0.1, 0.15) is 36.7 Å². The summed E-state index contributed by atoms with van der Waals surface area (Å²) in [7, 11) is 0. The average Bonchev–Trinajstić information content (AvgIpc) is 2.27. The number of nitrogens with zero attached hydrogens (tertiary/aromatic N) is 1. The minimum atomic E-state index is -0.944. The Balaban J connectivity index is 2.93. The number of halogens is 1.